The van der Waals surface area contributed by atoms with Crippen molar-refractivity contribution in [1.82, 2.24) is 0 Å². The second kappa shape index (κ2) is 11.7. The van der Waals surface area contributed by atoms with E-state index in [1.165, 1.54) is 11.1 Å². The van der Waals surface area contributed by atoms with E-state index in [4.69, 9.17) is 30.0 Å². The van der Waals surface area contributed by atoms with E-state index < -0.39 is 47.5 Å². The summed E-state index contributed by atoms with van der Waals surface area (Å²) in [6, 6.07) is 20.8. The minimum Gasteiger partial charge on any atom is -0.396 e. The molecule has 2 rings (SSSR count). The van der Waals surface area contributed by atoms with Gasteiger partial charge in [0.1, 0.15) is 0 Å². The van der Waals surface area contributed by atoms with Crippen molar-refractivity contribution in [3.8, 4) is 11.1 Å². The minimum absolute atomic E-state index is 0.768. The lowest BCUT2D eigenvalue weighted by Crippen LogP contribution is -2.38. The highest BCUT2D eigenvalue weighted by Gasteiger charge is 2.37. The second-order valence-electron chi connectivity index (χ2n) is 6.02. The van der Waals surface area contributed by atoms with Crippen LogP contribution in [0.3, 0.4) is 0 Å². The molecule has 0 spiro atoms. The molecule has 10 nitrogen and oxygen atoms in total. The number of aliphatic hydroxyl groups is 3. The Bertz CT molecular complexity index is 760. The van der Waals surface area contributed by atoms with Crippen LogP contribution in [0.1, 0.15) is 0 Å². The third-order valence-electron chi connectivity index (χ3n) is 3.63. The summed E-state index contributed by atoms with van der Waals surface area (Å²) in [5, 5.41) is 26.5. The van der Waals surface area contributed by atoms with Crippen molar-refractivity contribution in [2.75, 3.05) is 26.4 Å². The Hall–Kier alpha value is -1.42. The van der Waals surface area contributed by atoms with Crippen LogP contribution in [0.15, 0.2) is 60.7 Å². The highest BCUT2D eigenvalue weighted by molar-refractivity contribution is 7.60. The van der Waals surface area contributed by atoms with Crippen molar-refractivity contribution in [2.24, 2.45) is 5.41 Å². The Labute approximate surface area is 167 Å². The maximum Gasteiger partial charge on any atom is 0.481 e. The van der Waals surface area contributed by atoms with Gasteiger partial charge in [0, 0.05) is 0 Å². The molecule has 1 unspecified atom stereocenters. The smallest absolute Gasteiger partial charge is 0.396 e. The molecule has 1 atom stereocenters. The summed E-state index contributed by atoms with van der Waals surface area (Å²) < 4.78 is 28.9. The average molecular weight is 450 g/mol. The molecule has 0 heterocycles. The molecule has 29 heavy (non-hydrogen) atoms. The summed E-state index contributed by atoms with van der Waals surface area (Å²) in [7, 11) is -10.3. The summed E-state index contributed by atoms with van der Waals surface area (Å²) in [6.07, 6.45) is 0. The standard InChI is InChI=1S/C12H10.C5H14O10P2/c1-3-7-11(8-4-1)12-9-5-2-6-10-12;6-1-5(2-7,3-8)4-14-17(12,13)15-16(9,10)11/h1-10H;6-8H,1-4H2,(H,12,13)(H2,9,10,11). The van der Waals surface area contributed by atoms with Gasteiger partial charge in [0.2, 0.25) is 0 Å². The monoisotopic (exact) mass is 450 g/mol. The van der Waals surface area contributed by atoms with Crippen molar-refractivity contribution in [3.63, 3.8) is 0 Å². The van der Waals surface area contributed by atoms with Crippen LogP contribution in [0.25, 0.3) is 11.1 Å². The van der Waals surface area contributed by atoms with Gasteiger partial charge in [-0.2, -0.15) is 4.31 Å². The van der Waals surface area contributed by atoms with E-state index in [1.54, 1.807) is 0 Å². The quantitative estimate of drug-likeness (QED) is 0.308. The van der Waals surface area contributed by atoms with Gasteiger partial charge >= 0.3 is 15.6 Å². The van der Waals surface area contributed by atoms with E-state index in [0.29, 0.717) is 0 Å². The molecule has 0 saturated carbocycles. The van der Waals surface area contributed by atoms with E-state index in [2.05, 4.69) is 57.4 Å². The lowest BCUT2D eigenvalue weighted by atomic mass is 9.93. The van der Waals surface area contributed by atoms with Crippen molar-refractivity contribution in [2.45, 2.75) is 0 Å². The van der Waals surface area contributed by atoms with Crippen LogP contribution >= 0.6 is 15.6 Å². The van der Waals surface area contributed by atoms with Gasteiger partial charge in [0.25, 0.3) is 0 Å². The number of rotatable bonds is 9. The molecule has 0 amide bonds. The minimum atomic E-state index is -5.22. The van der Waals surface area contributed by atoms with Crippen LogP contribution < -0.4 is 0 Å². The first kappa shape index (κ1) is 25.6. The molecule has 0 aromatic heterocycles. The second-order valence-corrected chi connectivity index (χ2v) is 8.85. The predicted molar refractivity (Wildman–Crippen MR) is 104 cm³/mol. The van der Waals surface area contributed by atoms with Gasteiger partial charge in [-0.15, -0.1) is 0 Å². The fraction of sp³-hybridized carbons (Fsp3) is 0.294. The van der Waals surface area contributed by atoms with Gasteiger partial charge in [-0.1, -0.05) is 60.7 Å². The maximum atomic E-state index is 11.0. The Balaban J connectivity index is 0.000000304. The maximum absolute atomic E-state index is 11.0. The van der Waals surface area contributed by atoms with Gasteiger partial charge in [0.05, 0.1) is 31.8 Å². The molecular weight excluding hydrogens is 426 g/mol. The molecule has 162 valence electrons. The van der Waals surface area contributed by atoms with Gasteiger partial charge in [-0.05, 0) is 11.1 Å². The predicted octanol–water partition coefficient (Wildman–Crippen LogP) is 1.53. The molecule has 0 aliphatic carbocycles. The molecule has 0 aliphatic rings. The lowest BCUT2D eigenvalue weighted by molar-refractivity contribution is -0.0316. The highest BCUT2D eigenvalue weighted by Crippen LogP contribution is 2.57. The van der Waals surface area contributed by atoms with Crippen LogP contribution in [0.4, 0.5) is 0 Å². The van der Waals surface area contributed by atoms with E-state index >= 15 is 0 Å². The molecule has 0 saturated heterocycles. The zero-order chi connectivity index (χ0) is 22.0. The van der Waals surface area contributed by atoms with Crippen LogP contribution in [0.5, 0.6) is 0 Å². The summed E-state index contributed by atoms with van der Waals surface area (Å²) in [4.78, 5) is 25.4. The largest absolute Gasteiger partial charge is 0.481 e. The van der Waals surface area contributed by atoms with E-state index in [-0.39, 0.29) is 0 Å². The number of phosphoric acid groups is 2. The number of phosphoric ester groups is 1. The normalized spacial score (nSPS) is 13.9. The number of benzene rings is 2. The lowest BCUT2D eigenvalue weighted by Gasteiger charge is -2.27. The Morgan fingerprint density at radius 3 is 1.41 bits per heavy atom. The Kier molecular flexibility index (Phi) is 10.3. The fourth-order valence-electron chi connectivity index (χ4n) is 1.92. The summed E-state index contributed by atoms with van der Waals surface area (Å²) in [5.41, 5.74) is 0.938. The van der Waals surface area contributed by atoms with Gasteiger partial charge in [-0.25, -0.2) is 9.13 Å². The van der Waals surface area contributed by atoms with Gasteiger partial charge in [-0.3, -0.25) is 4.52 Å². The van der Waals surface area contributed by atoms with E-state index in [1.807, 2.05) is 12.1 Å². The number of aliphatic hydroxyl groups excluding tert-OH is 3. The Morgan fingerprint density at radius 1 is 0.724 bits per heavy atom. The van der Waals surface area contributed by atoms with Crippen LogP contribution in [-0.4, -0.2) is 56.4 Å². The molecule has 0 bridgehead atoms. The topological polar surface area (TPSA) is 174 Å². The average Bonchev–Trinajstić information content (AvgIpc) is 2.70. The third kappa shape index (κ3) is 9.75. The molecule has 2 aromatic rings. The van der Waals surface area contributed by atoms with E-state index in [0.717, 1.165) is 0 Å². The number of hydrogen-bond acceptors (Lipinski definition) is 7. The van der Waals surface area contributed by atoms with Crippen molar-refractivity contribution < 1.29 is 48.0 Å². The highest BCUT2D eigenvalue weighted by atomic mass is 31.3. The van der Waals surface area contributed by atoms with Crippen molar-refractivity contribution in [1.29, 1.82) is 0 Å². The zero-order valence-corrected chi connectivity index (χ0v) is 17.1. The summed E-state index contributed by atoms with van der Waals surface area (Å²) in [6.45, 7) is -3.13. The SMILES string of the molecule is O=P(O)(O)OP(=O)(O)OCC(CO)(CO)CO.c1ccc(-c2ccccc2)cc1. The molecule has 0 aliphatic heterocycles. The zero-order valence-electron chi connectivity index (χ0n) is 15.3. The molecule has 12 heteroatoms. The fourth-order valence-corrected chi connectivity index (χ4v) is 3.63. The first-order chi connectivity index (χ1) is 13.6. The molecule has 0 radical (unpaired) electrons. The summed E-state index contributed by atoms with van der Waals surface area (Å²) in [5.74, 6) is 0. The van der Waals surface area contributed by atoms with Crippen LogP contribution in [-0.2, 0) is 18.0 Å². The van der Waals surface area contributed by atoms with Crippen LogP contribution in [0, 0.1) is 5.41 Å². The molecular formula is C17H24O10P2. The van der Waals surface area contributed by atoms with Crippen molar-refractivity contribution in [3.05, 3.63) is 60.7 Å². The number of hydrogen-bond donors (Lipinski definition) is 6. The molecule has 2 aromatic carbocycles. The third-order valence-corrected chi connectivity index (χ3v) is 5.76. The van der Waals surface area contributed by atoms with Gasteiger partial charge < -0.3 is 30.0 Å². The summed E-state index contributed by atoms with van der Waals surface area (Å²) >= 11 is 0. The molecule has 6 N–H and O–H groups in total. The Morgan fingerprint density at radius 2 is 1.10 bits per heavy atom. The van der Waals surface area contributed by atoms with Crippen molar-refractivity contribution >= 4 is 15.6 Å². The van der Waals surface area contributed by atoms with Crippen LogP contribution in [0.2, 0.25) is 0 Å². The first-order valence-corrected chi connectivity index (χ1v) is 11.3. The molecule has 0 fully saturated rings. The first-order valence-electron chi connectivity index (χ1n) is 8.24. The van der Waals surface area contributed by atoms with E-state index in [9.17, 15) is 9.13 Å². The van der Waals surface area contributed by atoms with Gasteiger partial charge in [0.15, 0.2) is 0 Å².